The monoisotopic (exact) mass is 286 g/mol. The Morgan fingerprint density at radius 3 is 2.63 bits per heavy atom. The number of rotatable bonds is 5. The van der Waals surface area contributed by atoms with Gasteiger partial charge in [0.1, 0.15) is 4.90 Å². The summed E-state index contributed by atoms with van der Waals surface area (Å²) in [5.74, 6) is 0. The highest BCUT2D eigenvalue weighted by molar-refractivity contribution is 7.89. The molecular weight excluding hydrogens is 264 g/mol. The molecule has 19 heavy (non-hydrogen) atoms. The van der Waals surface area contributed by atoms with Crippen LogP contribution in [0, 0.1) is 6.92 Å². The van der Waals surface area contributed by atoms with Gasteiger partial charge in [0.05, 0.1) is 11.4 Å². The van der Waals surface area contributed by atoms with E-state index in [-0.39, 0.29) is 6.04 Å². The third-order valence-corrected chi connectivity index (χ3v) is 5.90. The number of H-pyrrole nitrogens is 1. The van der Waals surface area contributed by atoms with Crippen molar-refractivity contribution in [2.45, 2.75) is 50.1 Å². The van der Waals surface area contributed by atoms with Crippen LogP contribution in [0.4, 0.5) is 0 Å². The number of aryl methyl sites for hydroxylation is 1. The first-order valence-electron chi connectivity index (χ1n) is 6.65. The van der Waals surface area contributed by atoms with Gasteiger partial charge in [0.2, 0.25) is 10.0 Å². The fourth-order valence-electron chi connectivity index (χ4n) is 2.71. The second kappa shape index (κ2) is 5.60. The highest BCUT2D eigenvalue weighted by Gasteiger charge is 2.33. The maximum Gasteiger partial charge on any atom is 0.246 e. The predicted molar refractivity (Wildman–Crippen MR) is 73.3 cm³/mol. The summed E-state index contributed by atoms with van der Waals surface area (Å²) < 4.78 is 27.0. The molecule has 6 nitrogen and oxygen atoms in total. The van der Waals surface area contributed by atoms with Crippen molar-refractivity contribution >= 4 is 10.0 Å². The van der Waals surface area contributed by atoms with Gasteiger partial charge in [-0.3, -0.25) is 5.10 Å². The predicted octanol–water partition coefficient (Wildman–Crippen LogP) is 1.00. The maximum absolute atomic E-state index is 12.7. The van der Waals surface area contributed by atoms with Gasteiger partial charge < -0.3 is 5.32 Å². The number of nitrogens with zero attached hydrogens (tertiary/aromatic N) is 2. The minimum atomic E-state index is -3.46. The van der Waals surface area contributed by atoms with Crippen LogP contribution in [0.25, 0.3) is 0 Å². The van der Waals surface area contributed by atoms with Gasteiger partial charge >= 0.3 is 0 Å². The van der Waals surface area contributed by atoms with Crippen LogP contribution in [0.5, 0.6) is 0 Å². The van der Waals surface area contributed by atoms with Crippen molar-refractivity contribution < 1.29 is 8.42 Å². The van der Waals surface area contributed by atoms with Gasteiger partial charge in [0, 0.05) is 19.6 Å². The van der Waals surface area contributed by atoms with Crippen LogP contribution in [0.3, 0.4) is 0 Å². The summed E-state index contributed by atoms with van der Waals surface area (Å²) in [5.41, 5.74) is 1.17. The number of hydrogen-bond donors (Lipinski definition) is 2. The van der Waals surface area contributed by atoms with E-state index in [2.05, 4.69) is 15.5 Å². The molecule has 1 heterocycles. The van der Waals surface area contributed by atoms with E-state index in [1.165, 1.54) is 4.31 Å². The molecule has 1 aliphatic carbocycles. The molecule has 1 aliphatic rings. The molecule has 0 aromatic carbocycles. The molecular formula is C12H22N4O2S. The van der Waals surface area contributed by atoms with Crippen molar-refractivity contribution in [3.63, 3.8) is 0 Å². The summed E-state index contributed by atoms with van der Waals surface area (Å²) in [6, 6.07) is 0.127. The molecule has 2 N–H and O–H groups in total. The lowest BCUT2D eigenvalue weighted by molar-refractivity contribution is 0.372. The Morgan fingerprint density at radius 1 is 1.42 bits per heavy atom. The molecule has 1 aromatic heterocycles. The zero-order valence-corrected chi connectivity index (χ0v) is 12.5. The Hall–Kier alpha value is -0.920. The van der Waals surface area contributed by atoms with Crippen molar-refractivity contribution in [3.8, 4) is 0 Å². The molecule has 0 bridgehead atoms. The van der Waals surface area contributed by atoms with E-state index in [1.54, 1.807) is 21.0 Å². The van der Waals surface area contributed by atoms with Crippen molar-refractivity contribution in [1.29, 1.82) is 0 Å². The van der Waals surface area contributed by atoms with E-state index in [0.29, 0.717) is 22.8 Å². The Bertz CT molecular complexity index is 532. The second-order valence-corrected chi connectivity index (χ2v) is 7.05. The van der Waals surface area contributed by atoms with Crippen LogP contribution in [0.2, 0.25) is 0 Å². The topological polar surface area (TPSA) is 78.1 Å². The Balaban J connectivity index is 2.35. The first-order chi connectivity index (χ1) is 8.98. The van der Waals surface area contributed by atoms with Crippen LogP contribution in [-0.2, 0) is 16.6 Å². The van der Waals surface area contributed by atoms with E-state index < -0.39 is 10.0 Å². The number of nitrogens with one attached hydrogen (secondary N) is 2. The standard InChI is InChI=1S/C12H22N4O2S/c1-9-12(11(8-13-2)15-14-9)19(17,18)16(3)10-6-4-5-7-10/h10,13H,4-8H2,1-3H3,(H,14,15). The molecule has 1 fully saturated rings. The number of sulfonamides is 1. The summed E-state index contributed by atoms with van der Waals surface area (Å²) >= 11 is 0. The molecule has 1 saturated carbocycles. The van der Waals surface area contributed by atoms with Gasteiger partial charge in [-0.15, -0.1) is 0 Å². The molecule has 0 unspecified atom stereocenters. The quantitative estimate of drug-likeness (QED) is 0.846. The van der Waals surface area contributed by atoms with Crippen LogP contribution >= 0.6 is 0 Å². The summed E-state index contributed by atoms with van der Waals surface area (Å²) in [6.45, 7) is 2.19. The molecule has 0 atom stereocenters. The Morgan fingerprint density at radius 2 is 2.05 bits per heavy atom. The third-order valence-electron chi connectivity index (χ3n) is 3.78. The molecule has 0 aliphatic heterocycles. The lowest BCUT2D eigenvalue weighted by atomic mass is 10.3. The lowest BCUT2D eigenvalue weighted by Gasteiger charge is -2.23. The lowest BCUT2D eigenvalue weighted by Crippen LogP contribution is -2.36. The van der Waals surface area contributed by atoms with E-state index in [4.69, 9.17) is 0 Å². The average molecular weight is 286 g/mol. The molecule has 0 amide bonds. The third kappa shape index (κ3) is 2.68. The molecule has 1 aromatic rings. The molecule has 0 spiro atoms. The minimum absolute atomic E-state index is 0.127. The highest BCUT2D eigenvalue weighted by atomic mass is 32.2. The first-order valence-corrected chi connectivity index (χ1v) is 8.09. The van der Waals surface area contributed by atoms with E-state index in [9.17, 15) is 8.42 Å². The normalized spacial score (nSPS) is 17.5. The van der Waals surface area contributed by atoms with Gasteiger partial charge in [-0.1, -0.05) is 12.8 Å². The van der Waals surface area contributed by atoms with E-state index in [0.717, 1.165) is 25.7 Å². The summed E-state index contributed by atoms with van der Waals surface area (Å²) in [6.07, 6.45) is 4.12. The summed E-state index contributed by atoms with van der Waals surface area (Å²) in [7, 11) is -0.00268. The average Bonchev–Trinajstić information content (AvgIpc) is 2.98. The van der Waals surface area contributed by atoms with Crippen LogP contribution < -0.4 is 5.32 Å². The fraction of sp³-hybridized carbons (Fsp3) is 0.750. The minimum Gasteiger partial charge on any atom is -0.314 e. The molecule has 7 heteroatoms. The van der Waals surface area contributed by atoms with E-state index >= 15 is 0 Å². The van der Waals surface area contributed by atoms with Crippen molar-refractivity contribution in [3.05, 3.63) is 11.4 Å². The van der Waals surface area contributed by atoms with Crippen molar-refractivity contribution in [1.82, 2.24) is 19.8 Å². The smallest absolute Gasteiger partial charge is 0.246 e. The van der Waals surface area contributed by atoms with Gasteiger partial charge in [0.15, 0.2) is 0 Å². The number of hydrogen-bond acceptors (Lipinski definition) is 4. The first kappa shape index (κ1) is 14.5. The fourth-order valence-corrected chi connectivity index (χ4v) is 4.45. The number of aromatic nitrogens is 2. The van der Waals surface area contributed by atoms with Gasteiger partial charge in [0.25, 0.3) is 0 Å². The summed E-state index contributed by atoms with van der Waals surface area (Å²) in [5, 5.41) is 9.82. The van der Waals surface area contributed by atoms with Crippen LogP contribution in [0.15, 0.2) is 4.90 Å². The SMILES string of the molecule is CNCc1n[nH]c(C)c1S(=O)(=O)N(C)C1CCCC1. The number of aromatic amines is 1. The molecule has 0 radical (unpaired) electrons. The maximum atomic E-state index is 12.7. The zero-order chi connectivity index (χ0) is 14.0. The highest BCUT2D eigenvalue weighted by Crippen LogP contribution is 2.29. The molecule has 108 valence electrons. The van der Waals surface area contributed by atoms with Gasteiger partial charge in [-0.2, -0.15) is 9.40 Å². The molecule has 0 saturated heterocycles. The van der Waals surface area contributed by atoms with Crippen molar-refractivity contribution in [2.75, 3.05) is 14.1 Å². The van der Waals surface area contributed by atoms with Crippen molar-refractivity contribution in [2.24, 2.45) is 0 Å². The van der Waals surface area contributed by atoms with Gasteiger partial charge in [-0.25, -0.2) is 8.42 Å². The second-order valence-electron chi connectivity index (χ2n) is 5.11. The largest absolute Gasteiger partial charge is 0.314 e. The van der Waals surface area contributed by atoms with Gasteiger partial charge in [-0.05, 0) is 26.8 Å². The van der Waals surface area contributed by atoms with Crippen LogP contribution in [-0.4, -0.2) is 43.1 Å². The Kier molecular flexibility index (Phi) is 4.27. The summed E-state index contributed by atoms with van der Waals surface area (Å²) in [4.78, 5) is 0.330. The Labute approximate surface area is 114 Å². The zero-order valence-electron chi connectivity index (χ0n) is 11.7. The van der Waals surface area contributed by atoms with Crippen LogP contribution in [0.1, 0.15) is 37.1 Å². The molecule has 2 rings (SSSR count). The van der Waals surface area contributed by atoms with E-state index in [1.807, 2.05) is 0 Å².